The van der Waals surface area contributed by atoms with Gasteiger partial charge in [0.1, 0.15) is 0 Å². The van der Waals surface area contributed by atoms with Crippen molar-refractivity contribution < 1.29 is 8.42 Å². The van der Waals surface area contributed by atoms with Gasteiger partial charge in [0.2, 0.25) is 10.0 Å². The fraction of sp³-hybridized carbons (Fsp3) is 0.600. The summed E-state index contributed by atoms with van der Waals surface area (Å²) in [4.78, 5) is 0.421. The van der Waals surface area contributed by atoms with Crippen molar-refractivity contribution in [2.75, 3.05) is 19.6 Å². The maximum Gasteiger partial charge on any atom is 0.243 e. The lowest BCUT2D eigenvalue weighted by molar-refractivity contribution is 0.262. The Balaban J connectivity index is 0.00000220. The molecule has 1 saturated heterocycles. The lowest BCUT2D eigenvalue weighted by Crippen LogP contribution is -2.46. The van der Waals surface area contributed by atoms with Crippen molar-refractivity contribution in [1.82, 2.24) is 9.62 Å². The minimum Gasteiger partial charge on any atom is -0.317 e. The molecule has 1 aromatic rings. The molecule has 21 heavy (non-hydrogen) atoms. The number of nitrogens with one attached hydrogen (secondary N) is 1. The second-order valence-corrected chi connectivity index (χ2v) is 7.30. The van der Waals surface area contributed by atoms with Gasteiger partial charge in [0.05, 0.1) is 4.90 Å². The summed E-state index contributed by atoms with van der Waals surface area (Å²) in [6, 6.07) is 7.33. The summed E-state index contributed by atoms with van der Waals surface area (Å²) >= 11 is 0. The average Bonchev–Trinajstić information content (AvgIpc) is 2.45. The van der Waals surface area contributed by atoms with E-state index in [4.69, 9.17) is 0 Å². The third kappa shape index (κ3) is 4.42. The maximum atomic E-state index is 12.9. The Morgan fingerprint density at radius 3 is 2.52 bits per heavy atom. The second kappa shape index (κ2) is 8.13. The van der Waals surface area contributed by atoms with E-state index >= 15 is 0 Å². The van der Waals surface area contributed by atoms with Crippen LogP contribution in [0.5, 0.6) is 0 Å². The van der Waals surface area contributed by atoms with Gasteiger partial charge in [-0.05, 0) is 57.0 Å². The molecule has 1 aromatic carbocycles. The zero-order valence-electron chi connectivity index (χ0n) is 12.7. The van der Waals surface area contributed by atoms with Crippen LogP contribution in [0.2, 0.25) is 0 Å². The Morgan fingerprint density at radius 2 is 1.95 bits per heavy atom. The molecular weight excluding hydrogens is 308 g/mol. The quantitative estimate of drug-likeness (QED) is 0.901. The molecular formula is C15H25ClN2O2S. The fourth-order valence-electron chi connectivity index (χ4n) is 2.73. The molecule has 0 amide bonds. The normalized spacial score (nSPS) is 16.7. The van der Waals surface area contributed by atoms with Gasteiger partial charge in [0.25, 0.3) is 0 Å². The molecule has 0 spiro atoms. The van der Waals surface area contributed by atoms with Crippen LogP contribution in [0, 0.1) is 6.92 Å². The van der Waals surface area contributed by atoms with Crippen molar-refractivity contribution in [3.8, 4) is 0 Å². The van der Waals surface area contributed by atoms with Gasteiger partial charge in [0, 0.05) is 12.6 Å². The van der Waals surface area contributed by atoms with Crippen LogP contribution in [0.1, 0.15) is 31.7 Å². The van der Waals surface area contributed by atoms with Gasteiger partial charge in [-0.1, -0.05) is 19.1 Å². The van der Waals surface area contributed by atoms with E-state index in [0.29, 0.717) is 11.4 Å². The molecule has 0 aromatic heterocycles. The summed E-state index contributed by atoms with van der Waals surface area (Å²) in [5.74, 6) is 0. The van der Waals surface area contributed by atoms with Crippen molar-refractivity contribution in [2.24, 2.45) is 0 Å². The molecule has 1 aliphatic heterocycles. The largest absolute Gasteiger partial charge is 0.317 e. The summed E-state index contributed by atoms with van der Waals surface area (Å²) in [5, 5.41) is 3.29. The fourth-order valence-corrected chi connectivity index (χ4v) is 4.61. The second-order valence-electron chi connectivity index (χ2n) is 5.41. The molecule has 1 aliphatic rings. The first kappa shape index (κ1) is 18.4. The molecule has 120 valence electrons. The standard InChI is InChI=1S/C15H24N2O2S.ClH/c1-3-11-17(14-7-9-16-10-8-14)20(18,19)15-6-4-5-13(2)12-15;/h4-6,12,14,16H,3,7-11H2,1-2H3;1H. The highest BCUT2D eigenvalue weighted by Crippen LogP contribution is 2.23. The third-order valence-electron chi connectivity index (χ3n) is 3.76. The molecule has 1 N–H and O–H groups in total. The van der Waals surface area contributed by atoms with Crippen LogP contribution in [0.25, 0.3) is 0 Å². The van der Waals surface area contributed by atoms with Gasteiger partial charge in [-0.15, -0.1) is 12.4 Å². The summed E-state index contributed by atoms with van der Waals surface area (Å²) in [5.41, 5.74) is 0.979. The number of piperidine rings is 1. The van der Waals surface area contributed by atoms with Crippen LogP contribution >= 0.6 is 12.4 Å². The van der Waals surface area contributed by atoms with E-state index in [0.717, 1.165) is 37.9 Å². The highest BCUT2D eigenvalue weighted by Gasteiger charge is 2.31. The first-order chi connectivity index (χ1) is 9.55. The first-order valence-corrected chi connectivity index (χ1v) is 8.79. The Hall–Kier alpha value is -0.620. The lowest BCUT2D eigenvalue weighted by Gasteiger charge is -2.33. The van der Waals surface area contributed by atoms with E-state index in [2.05, 4.69) is 5.32 Å². The Bertz CT molecular complexity index is 542. The highest BCUT2D eigenvalue weighted by atomic mass is 35.5. The number of sulfonamides is 1. The Labute approximate surface area is 134 Å². The number of nitrogens with zero attached hydrogens (tertiary/aromatic N) is 1. The summed E-state index contributed by atoms with van der Waals surface area (Å²) in [6.45, 7) is 6.34. The predicted octanol–water partition coefficient (Wildman–Crippen LogP) is 2.57. The van der Waals surface area contributed by atoms with E-state index in [9.17, 15) is 8.42 Å². The minimum absolute atomic E-state index is 0. The Kier molecular flexibility index (Phi) is 7.13. The smallest absolute Gasteiger partial charge is 0.243 e. The van der Waals surface area contributed by atoms with E-state index in [1.807, 2.05) is 26.0 Å². The molecule has 1 heterocycles. The van der Waals surface area contributed by atoms with Crippen LogP contribution in [-0.2, 0) is 10.0 Å². The van der Waals surface area contributed by atoms with Crippen LogP contribution in [0.4, 0.5) is 0 Å². The predicted molar refractivity (Wildman–Crippen MR) is 88.5 cm³/mol. The zero-order chi connectivity index (χ0) is 14.6. The molecule has 0 saturated carbocycles. The summed E-state index contributed by atoms with van der Waals surface area (Å²) < 4.78 is 27.5. The van der Waals surface area contributed by atoms with Crippen molar-refractivity contribution in [3.05, 3.63) is 29.8 Å². The van der Waals surface area contributed by atoms with Crippen molar-refractivity contribution in [1.29, 1.82) is 0 Å². The molecule has 4 nitrogen and oxygen atoms in total. The summed E-state index contributed by atoms with van der Waals surface area (Å²) in [7, 11) is -3.38. The Morgan fingerprint density at radius 1 is 1.29 bits per heavy atom. The molecule has 6 heteroatoms. The van der Waals surface area contributed by atoms with E-state index in [-0.39, 0.29) is 18.4 Å². The SMILES string of the molecule is CCCN(C1CCNCC1)S(=O)(=O)c1cccc(C)c1.Cl. The third-order valence-corrected chi connectivity index (χ3v) is 5.70. The average molecular weight is 333 g/mol. The topological polar surface area (TPSA) is 49.4 Å². The van der Waals surface area contributed by atoms with E-state index in [1.165, 1.54) is 0 Å². The van der Waals surface area contributed by atoms with Crippen molar-refractivity contribution in [3.63, 3.8) is 0 Å². The molecule has 1 fully saturated rings. The van der Waals surface area contributed by atoms with Crippen molar-refractivity contribution in [2.45, 2.75) is 44.0 Å². The van der Waals surface area contributed by atoms with Gasteiger partial charge < -0.3 is 5.32 Å². The van der Waals surface area contributed by atoms with Crippen molar-refractivity contribution >= 4 is 22.4 Å². The molecule has 0 radical (unpaired) electrons. The molecule has 2 rings (SSSR count). The van der Waals surface area contributed by atoms with Gasteiger partial charge in [-0.2, -0.15) is 4.31 Å². The van der Waals surface area contributed by atoms with E-state index < -0.39 is 10.0 Å². The molecule has 0 atom stereocenters. The molecule has 0 bridgehead atoms. The van der Waals surface area contributed by atoms with Crippen LogP contribution in [0.15, 0.2) is 29.2 Å². The zero-order valence-corrected chi connectivity index (χ0v) is 14.3. The number of hydrogen-bond acceptors (Lipinski definition) is 3. The number of benzene rings is 1. The minimum atomic E-state index is -3.38. The highest BCUT2D eigenvalue weighted by molar-refractivity contribution is 7.89. The van der Waals surface area contributed by atoms with Crippen LogP contribution in [-0.4, -0.2) is 38.4 Å². The maximum absolute atomic E-state index is 12.9. The van der Waals surface area contributed by atoms with Gasteiger partial charge in [-0.25, -0.2) is 8.42 Å². The van der Waals surface area contributed by atoms with E-state index in [1.54, 1.807) is 16.4 Å². The van der Waals surface area contributed by atoms with Crippen LogP contribution in [0.3, 0.4) is 0 Å². The lowest BCUT2D eigenvalue weighted by atomic mass is 10.1. The first-order valence-electron chi connectivity index (χ1n) is 7.35. The number of aryl methyl sites for hydroxylation is 1. The number of halogens is 1. The number of hydrogen-bond donors (Lipinski definition) is 1. The van der Waals surface area contributed by atoms with Gasteiger partial charge in [0.15, 0.2) is 0 Å². The molecule has 0 unspecified atom stereocenters. The van der Waals surface area contributed by atoms with Gasteiger partial charge in [-0.3, -0.25) is 0 Å². The monoisotopic (exact) mass is 332 g/mol. The number of rotatable bonds is 5. The van der Waals surface area contributed by atoms with Crippen LogP contribution < -0.4 is 5.32 Å². The molecule has 0 aliphatic carbocycles. The van der Waals surface area contributed by atoms with Gasteiger partial charge >= 0.3 is 0 Å². The summed E-state index contributed by atoms with van der Waals surface area (Å²) in [6.07, 6.45) is 2.63.